The van der Waals surface area contributed by atoms with Crippen molar-refractivity contribution in [1.82, 2.24) is 9.38 Å². The van der Waals surface area contributed by atoms with E-state index in [1.165, 1.54) is 11.3 Å². The Morgan fingerprint density at radius 3 is 3.24 bits per heavy atom. The smallest absolute Gasteiger partial charge is 0.258 e. The van der Waals surface area contributed by atoms with Gasteiger partial charge in [0.15, 0.2) is 4.96 Å². The van der Waals surface area contributed by atoms with Crippen LogP contribution in [0, 0.1) is 0 Å². The van der Waals surface area contributed by atoms with Crippen molar-refractivity contribution >= 4 is 28.1 Å². The lowest BCUT2D eigenvalue weighted by atomic mass is 10.3. The summed E-state index contributed by atoms with van der Waals surface area (Å²) in [7, 11) is 0. The first-order valence-electron chi connectivity index (χ1n) is 5.46. The van der Waals surface area contributed by atoms with E-state index in [4.69, 9.17) is 5.73 Å². The summed E-state index contributed by atoms with van der Waals surface area (Å²) in [5, 5.41) is 1.87. The molecule has 0 fully saturated rings. The van der Waals surface area contributed by atoms with Crippen LogP contribution < -0.4 is 11.3 Å². The van der Waals surface area contributed by atoms with Crippen molar-refractivity contribution in [3.63, 3.8) is 0 Å². The number of nitrogens with two attached hydrogens (primary N) is 1. The Kier molecular flexibility index (Phi) is 4.20. The quantitative estimate of drug-likeness (QED) is 0.840. The molecule has 0 aliphatic rings. The molecule has 1 atom stereocenters. The number of thiazole rings is 1. The van der Waals surface area contributed by atoms with Crippen LogP contribution in [0.15, 0.2) is 22.4 Å². The predicted molar refractivity (Wildman–Crippen MR) is 73.8 cm³/mol. The number of thioether (sulfide) groups is 1. The van der Waals surface area contributed by atoms with Crippen molar-refractivity contribution in [2.45, 2.75) is 25.1 Å². The molecular weight excluding hydrogens is 254 g/mol. The van der Waals surface area contributed by atoms with Crippen LogP contribution >= 0.6 is 23.1 Å². The average molecular weight is 269 g/mol. The molecule has 2 N–H and O–H groups in total. The molecule has 0 bridgehead atoms. The van der Waals surface area contributed by atoms with Crippen LogP contribution in [-0.4, -0.2) is 21.2 Å². The van der Waals surface area contributed by atoms with Gasteiger partial charge in [0, 0.05) is 29.4 Å². The molecule has 0 aromatic carbocycles. The Morgan fingerprint density at radius 1 is 1.65 bits per heavy atom. The van der Waals surface area contributed by atoms with Gasteiger partial charge in [0.2, 0.25) is 0 Å². The largest absolute Gasteiger partial charge is 0.328 e. The second kappa shape index (κ2) is 5.66. The molecule has 17 heavy (non-hydrogen) atoms. The molecule has 2 rings (SSSR count). The fraction of sp³-hybridized carbons (Fsp3) is 0.455. The van der Waals surface area contributed by atoms with Gasteiger partial charge in [-0.15, -0.1) is 11.3 Å². The van der Waals surface area contributed by atoms with E-state index in [2.05, 4.69) is 4.98 Å². The molecule has 1 unspecified atom stereocenters. The zero-order valence-corrected chi connectivity index (χ0v) is 11.3. The molecular formula is C11H15N3OS2. The molecule has 0 spiro atoms. The third kappa shape index (κ3) is 3.31. The van der Waals surface area contributed by atoms with E-state index in [9.17, 15) is 4.79 Å². The van der Waals surface area contributed by atoms with Gasteiger partial charge >= 0.3 is 0 Å². The minimum atomic E-state index is -0.000886. The Morgan fingerprint density at radius 2 is 2.47 bits per heavy atom. The standard InChI is InChI=1S/C11H15N3OS2/c1-8(12)2-4-16-7-9-6-10(15)14-3-5-17-11(14)13-9/h3,5-6,8H,2,4,7,12H2,1H3. The number of aromatic nitrogens is 2. The van der Waals surface area contributed by atoms with Gasteiger partial charge in [0.1, 0.15) is 0 Å². The highest BCUT2D eigenvalue weighted by atomic mass is 32.2. The van der Waals surface area contributed by atoms with Crippen LogP contribution in [-0.2, 0) is 5.75 Å². The van der Waals surface area contributed by atoms with Crippen LogP contribution in [0.25, 0.3) is 4.96 Å². The first kappa shape index (κ1) is 12.6. The second-order valence-electron chi connectivity index (χ2n) is 3.96. The lowest BCUT2D eigenvalue weighted by Crippen LogP contribution is -2.15. The zero-order chi connectivity index (χ0) is 12.3. The highest BCUT2D eigenvalue weighted by Gasteiger charge is 2.03. The summed E-state index contributed by atoms with van der Waals surface area (Å²) in [4.78, 5) is 16.9. The van der Waals surface area contributed by atoms with E-state index in [0.29, 0.717) is 0 Å². The summed E-state index contributed by atoms with van der Waals surface area (Å²) in [6.07, 6.45) is 2.74. The molecule has 0 radical (unpaired) electrons. The van der Waals surface area contributed by atoms with E-state index in [0.717, 1.165) is 28.6 Å². The van der Waals surface area contributed by atoms with Gasteiger partial charge in [0.25, 0.3) is 5.56 Å². The molecule has 6 heteroatoms. The fourth-order valence-electron chi connectivity index (χ4n) is 1.41. The molecule has 2 aromatic rings. The molecule has 0 saturated heterocycles. The maximum Gasteiger partial charge on any atom is 0.258 e. The van der Waals surface area contributed by atoms with Gasteiger partial charge in [-0.2, -0.15) is 11.8 Å². The average Bonchev–Trinajstić information content (AvgIpc) is 2.72. The molecule has 0 amide bonds. The molecule has 2 heterocycles. The third-order valence-corrected chi connectivity index (χ3v) is 4.10. The highest BCUT2D eigenvalue weighted by Crippen LogP contribution is 2.13. The van der Waals surface area contributed by atoms with Crippen LogP contribution in [0.5, 0.6) is 0 Å². The summed E-state index contributed by atoms with van der Waals surface area (Å²) >= 11 is 3.25. The maximum absolute atomic E-state index is 11.7. The van der Waals surface area contributed by atoms with Crippen molar-refractivity contribution in [2.75, 3.05) is 5.75 Å². The van der Waals surface area contributed by atoms with Crippen molar-refractivity contribution in [3.8, 4) is 0 Å². The van der Waals surface area contributed by atoms with Crippen molar-refractivity contribution in [2.24, 2.45) is 5.73 Å². The summed E-state index contributed by atoms with van der Waals surface area (Å²) in [5.74, 6) is 1.78. The normalized spacial score (nSPS) is 13.1. The van der Waals surface area contributed by atoms with Gasteiger partial charge in [0.05, 0.1) is 5.69 Å². The minimum Gasteiger partial charge on any atom is -0.328 e. The lowest BCUT2D eigenvalue weighted by molar-refractivity contribution is 0.721. The number of hydrogen-bond donors (Lipinski definition) is 1. The number of fused-ring (bicyclic) bond motifs is 1. The monoisotopic (exact) mass is 269 g/mol. The van der Waals surface area contributed by atoms with Crippen molar-refractivity contribution in [1.29, 1.82) is 0 Å². The summed E-state index contributed by atoms with van der Waals surface area (Å²) in [5.41, 5.74) is 6.53. The first-order chi connectivity index (χ1) is 8.16. The Labute approximate surface area is 108 Å². The Bertz CT molecular complexity index is 547. The van der Waals surface area contributed by atoms with Crippen LogP contribution in [0.2, 0.25) is 0 Å². The fourth-order valence-corrected chi connectivity index (χ4v) is 3.19. The van der Waals surface area contributed by atoms with Crippen molar-refractivity contribution in [3.05, 3.63) is 33.7 Å². The number of nitrogens with zero attached hydrogens (tertiary/aromatic N) is 2. The second-order valence-corrected chi connectivity index (χ2v) is 5.94. The van der Waals surface area contributed by atoms with Gasteiger partial charge in [-0.3, -0.25) is 9.20 Å². The van der Waals surface area contributed by atoms with Gasteiger partial charge in [-0.25, -0.2) is 4.98 Å². The lowest BCUT2D eigenvalue weighted by Gasteiger charge is -2.04. The minimum absolute atomic E-state index is 0.000886. The third-order valence-electron chi connectivity index (χ3n) is 2.32. The molecule has 0 aliphatic heterocycles. The molecule has 2 aromatic heterocycles. The van der Waals surface area contributed by atoms with Gasteiger partial charge in [-0.1, -0.05) is 0 Å². The number of hydrogen-bond acceptors (Lipinski definition) is 5. The maximum atomic E-state index is 11.7. The van der Waals surface area contributed by atoms with E-state index in [1.807, 2.05) is 12.3 Å². The van der Waals surface area contributed by atoms with E-state index >= 15 is 0 Å². The summed E-state index contributed by atoms with van der Waals surface area (Å²) in [6.45, 7) is 2.00. The zero-order valence-electron chi connectivity index (χ0n) is 9.63. The van der Waals surface area contributed by atoms with Gasteiger partial charge in [-0.05, 0) is 19.1 Å². The van der Waals surface area contributed by atoms with E-state index < -0.39 is 0 Å². The molecule has 0 saturated carbocycles. The van der Waals surface area contributed by atoms with Crippen LogP contribution in [0.4, 0.5) is 0 Å². The molecule has 0 aliphatic carbocycles. The highest BCUT2D eigenvalue weighted by molar-refractivity contribution is 7.98. The van der Waals surface area contributed by atoms with Crippen molar-refractivity contribution < 1.29 is 0 Å². The van der Waals surface area contributed by atoms with E-state index in [-0.39, 0.29) is 11.6 Å². The Balaban J connectivity index is 2.01. The summed E-state index contributed by atoms with van der Waals surface area (Å²) < 4.78 is 1.57. The van der Waals surface area contributed by atoms with Crippen LogP contribution in [0.1, 0.15) is 19.0 Å². The molecule has 4 nitrogen and oxygen atoms in total. The summed E-state index contributed by atoms with van der Waals surface area (Å²) in [6, 6.07) is 1.85. The van der Waals surface area contributed by atoms with E-state index in [1.54, 1.807) is 28.4 Å². The van der Waals surface area contributed by atoms with Gasteiger partial charge < -0.3 is 5.73 Å². The predicted octanol–water partition coefficient (Wildman–Crippen LogP) is 1.73. The first-order valence-corrected chi connectivity index (χ1v) is 7.49. The topological polar surface area (TPSA) is 60.4 Å². The van der Waals surface area contributed by atoms with Crippen LogP contribution in [0.3, 0.4) is 0 Å². The Hall–Kier alpha value is -0.850. The number of rotatable bonds is 5. The molecule has 92 valence electrons. The SMILES string of the molecule is CC(N)CCSCc1cc(=O)n2ccsc2n1.